The minimum atomic E-state index is -0.00243. The van der Waals surface area contributed by atoms with Crippen molar-refractivity contribution < 1.29 is 9.53 Å². The topological polar surface area (TPSA) is 66.0 Å². The van der Waals surface area contributed by atoms with Gasteiger partial charge in [-0.15, -0.1) is 24.0 Å². The van der Waals surface area contributed by atoms with Gasteiger partial charge in [0, 0.05) is 26.7 Å². The molecule has 0 atom stereocenters. The van der Waals surface area contributed by atoms with Gasteiger partial charge >= 0.3 is 0 Å². The number of rotatable bonds is 7. The van der Waals surface area contributed by atoms with Crippen molar-refractivity contribution in [2.45, 2.75) is 26.3 Å². The molecule has 0 radical (unpaired) electrons. The molecule has 3 rings (SSSR count). The molecule has 6 nitrogen and oxygen atoms in total. The van der Waals surface area contributed by atoms with Gasteiger partial charge in [0.2, 0.25) is 0 Å². The first kappa shape index (κ1) is 23.0. The van der Waals surface area contributed by atoms with Crippen molar-refractivity contribution in [3.05, 3.63) is 59.7 Å². The summed E-state index contributed by atoms with van der Waals surface area (Å²) in [6.45, 7) is 4.37. The number of fused-ring (bicyclic) bond motifs is 1. The van der Waals surface area contributed by atoms with E-state index in [4.69, 9.17) is 4.74 Å². The van der Waals surface area contributed by atoms with Gasteiger partial charge in [0.05, 0.1) is 5.69 Å². The van der Waals surface area contributed by atoms with Gasteiger partial charge in [-0.1, -0.05) is 43.3 Å². The predicted octanol–water partition coefficient (Wildman–Crippen LogP) is 3.35. The van der Waals surface area contributed by atoms with Crippen LogP contribution in [0.4, 0.5) is 5.69 Å². The van der Waals surface area contributed by atoms with Crippen LogP contribution in [0.5, 0.6) is 5.75 Å². The second-order valence-corrected chi connectivity index (χ2v) is 6.63. The van der Waals surface area contributed by atoms with Crippen LogP contribution in [0.1, 0.15) is 24.5 Å². The van der Waals surface area contributed by atoms with E-state index in [1.165, 1.54) is 11.1 Å². The molecule has 29 heavy (non-hydrogen) atoms. The normalized spacial score (nSPS) is 13.2. The van der Waals surface area contributed by atoms with E-state index in [0.717, 1.165) is 43.3 Å². The molecule has 1 aliphatic heterocycles. The molecule has 2 N–H and O–H groups in total. The fraction of sp³-hybridized carbons (Fsp3) is 0.364. The van der Waals surface area contributed by atoms with E-state index in [1.807, 2.05) is 24.3 Å². The lowest BCUT2D eigenvalue weighted by molar-refractivity contribution is -0.121. The molecule has 156 valence electrons. The number of hydrogen-bond donors (Lipinski definition) is 2. The average Bonchev–Trinajstić information content (AvgIpc) is 2.74. The number of halogens is 1. The van der Waals surface area contributed by atoms with Gasteiger partial charge < -0.3 is 20.3 Å². The van der Waals surface area contributed by atoms with Crippen LogP contribution >= 0.6 is 24.0 Å². The Morgan fingerprint density at radius 2 is 1.83 bits per heavy atom. The van der Waals surface area contributed by atoms with E-state index in [2.05, 4.69) is 46.8 Å². The van der Waals surface area contributed by atoms with Gasteiger partial charge in [-0.3, -0.25) is 9.79 Å². The van der Waals surface area contributed by atoms with Gasteiger partial charge in [-0.25, -0.2) is 0 Å². The van der Waals surface area contributed by atoms with Crippen LogP contribution in [-0.4, -0.2) is 38.6 Å². The Balaban J connectivity index is 0.00000300. The third kappa shape index (κ3) is 6.09. The van der Waals surface area contributed by atoms with Gasteiger partial charge in [0.15, 0.2) is 12.6 Å². The Hall–Kier alpha value is -2.29. The zero-order valence-electron chi connectivity index (χ0n) is 17.0. The van der Waals surface area contributed by atoms with Crippen LogP contribution in [0, 0.1) is 0 Å². The first-order chi connectivity index (χ1) is 13.7. The molecule has 1 heterocycles. The summed E-state index contributed by atoms with van der Waals surface area (Å²) in [5, 5.41) is 6.69. The molecule has 0 spiro atoms. The minimum absolute atomic E-state index is 0. The zero-order chi connectivity index (χ0) is 19.8. The van der Waals surface area contributed by atoms with Gasteiger partial charge in [-0.2, -0.15) is 0 Å². The number of carbonyl (C=O) groups excluding carboxylic acids is 1. The number of nitrogens with one attached hydrogen (secondary N) is 2. The lowest BCUT2D eigenvalue weighted by Crippen LogP contribution is -2.42. The Bertz CT molecular complexity index is 841. The fourth-order valence-corrected chi connectivity index (χ4v) is 3.32. The summed E-state index contributed by atoms with van der Waals surface area (Å²) in [5.41, 5.74) is 3.47. The molecule has 0 bridgehead atoms. The number of nitrogens with zero attached hydrogens (tertiary/aromatic N) is 2. The molecule has 0 saturated carbocycles. The molecule has 7 heteroatoms. The van der Waals surface area contributed by atoms with Crippen LogP contribution in [0.15, 0.2) is 53.5 Å². The summed E-state index contributed by atoms with van der Waals surface area (Å²) in [6, 6.07) is 16.1. The Kier molecular flexibility index (Phi) is 9.24. The summed E-state index contributed by atoms with van der Waals surface area (Å²) in [7, 11) is 1.77. The van der Waals surface area contributed by atoms with E-state index in [9.17, 15) is 4.79 Å². The highest BCUT2D eigenvalue weighted by molar-refractivity contribution is 14.0. The Morgan fingerprint density at radius 1 is 1.10 bits per heavy atom. The predicted molar refractivity (Wildman–Crippen MR) is 128 cm³/mol. The lowest BCUT2D eigenvalue weighted by Gasteiger charge is -2.29. The number of para-hydroxylation sites is 2. The standard InChI is InChI=1S/C22H28N4O2.HI/c1-3-17-9-4-5-10-18(17)15-25-22(23-2)24-13-8-14-26-19-11-6-7-12-20(19)28-16-21(26)27;/h4-7,9-12H,3,8,13-16H2,1-2H3,(H2,23,24,25);1H. The van der Waals surface area contributed by atoms with E-state index >= 15 is 0 Å². The SMILES string of the molecule is CCc1ccccc1CNC(=NC)NCCCN1C(=O)COc2ccccc21.I. The number of guanidine groups is 1. The van der Waals surface area contributed by atoms with Crippen LogP contribution < -0.4 is 20.3 Å². The van der Waals surface area contributed by atoms with Crippen molar-refractivity contribution in [2.24, 2.45) is 4.99 Å². The molecule has 0 unspecified atom stereocenters. The summed E-state index contributed by atoms with van der Waals surface area (Å²) >= 11 is 0. The number of carbonyl (C=O) groups is 1. The molecule has 0 aliphatic carbocycles. The second kappa shape index (κ2) is 11.6. The Morgan fingerprint density at radius 3 is 2.59 bits per heavy atom. The van der Waals surface area contributed by atoms with E-state index in [0.29, 0.717) is 6.54 Å². The molecular weight excluding hydrogens is 479 g/mol. The van der Waals surface area contributed by atoms with Crippen molar-refractivity contribution >= 4 is 41.5 Å². The highest BCUT2D eigenvalue weighted by Crippen LogP contribution is 2.31. The van der Waals surface area contributed by atoms with Gasteiger partial charge in [-0.05, 0) is 36.1 Å². The smallest absolute Gasteiger partial charge is 0.265 e. The number of benzene rings is 2. The monoisotopic (exact) mass is 508 g/mol. The summed E-state index contributed by atoms with van der Waals surface area (Å²) in [6.07, 6.45) is 1.82. The molecule has 1 aliphatic rings. The summed E-state index contributed by atoms with van der Waals surface area (Å²) in [4.78, 5) is 18.3. The van der Waals surface area contributed by atoms with Crippen molar-refractivity contribution in [3.8, 4) is 5.75 Å². The number of ether oxygens (including phenoxy) is 1. The molecule has 1 amide bonds. The maximum atomic E-state index is 12.2. The Labute approximate surface area is 189 Å². The van der Waals surface area contributed by atoms with E-state index in [-0.39, 0.29) is 36.5 Å². The quantitative estimate of drug-likeness (QED) is 0.261. The first-order valence-electron chi connectivity index (χ1n) is 9.76. The molecule has 2 aromatic carbocycles. The number of hydrogen-bond acceptors (Lipinski definition) is 3. The third-order valence-electron chi connectivity index (χ3n) is 4.83. The third-order valence-corrected chi connectivity index (χ3v) is 4.83. The second-order valence-electron chi connectivity index (χ2n) is 6.63. The first-order valence-corrected chi connectivity index (χ1v) is 9.76. The molecule has 0 fully saturated rings. The highest BCUT2D eigenvalue weighted by atomic mass is 127. The maximum absolute atomic E-state index is 12.2. The summed E-state index contributed by atoms with van der Waals surface area (Å²) < 4.78 is 5.48. The number of aryl methyl sites for hydroxylation is 1. The van der Waals surface area contributed by atoms with Crippen LogP contribution in [0.25, 0.3) is 0 Å². The van der Waals surface area contributed by atoms with E-state index in [1.54, 1.807) is 11.9 Å². The van der Waals surface area contributed by atoms with Crippen molar-refractivity contribution in [3.63, 3.8) is 0 Å². The average molecular weight is 508 g/mol. The van der Waals surface area contributed by atoms with Gasteiger partial charge in [0.1, 0.15) is 5.75 Å². The maximum Gasteiger partial charge on any atom is 0.265 e. The van der Waals surface area contributed by atoms with Gasteiger partial charge in [0.25, 0.3) is 5.91 Å². The number of amides is 1. The van der Waals surface area contributed by atoms with Crippen LogP contribution in [-0.2, 0) is 17.8 Å². The molecule has 0 saturated heterocycles. The minimum Gasteiger partial charge on any atom is -0.482 e. The summed E-state index contributed by atoms with van der Waals surface area (Å²) in [5.74, 6) is 1.53. The van der Waals surface area contributed by atoms with Crippen molar-refractivity contribution in [1.29, 1.82) is 0 Å². The van der Waals surface area contributed by atoms with Crippen molar-refractivity contribution in [2.75, 3.05) is 31.6 Å². The van der Waals surface area contributed by atoms with E-state index < -0.39 is 0 Å². The molecule has 2 aromatic rings. The number of anilines is 1. The zero-order valence-corrected chi connectivity index (χ0v) is 19.3. The van der Waals surface area contributed by atoms with Crippen molar-refractivity contribution in [1.82, 2.24) is 10.6 Å². The molecular formula is C22H29IN4O2. The highest BCUT2D eigenvalue weighted by Gasteiger charge is 2.24. The lowest BCUT2D eigenvalue weighted by atomic mass is 10.1. The fourth-order valence-electron chi connectivity index (χ4n) is 3.32. The van der Waals surface area contributed by atoms with Crippen LogP contribution in [0.3, 0.4) is 0 Å². The largest absolute Gasteiger partial charge is 0.482 e. The number of aliphatic imine (C=N–C) groups is 1. The van der Waals surface area contributed by atoms with Crippen LogP contribution in [0.2, 0.25) is 0 Å². The molecule has 0 aromatic heterocycles.